The zero-order chi connectivity index (χ0) is 11.7. The lowest BCUT2D eigenvalue weighted by molar-refractivity contribution is -0.120. The molecule has 2 aromatic rings. The summed E-state index contributed by atoms with van der Waals surface area (Å²) in [5.74, 6) is 0.144. The van der Waals surface area contributed by atoms with Crippen molar-refractivity contribution in [3.8, 4) is 0 Å². The molecular formula is C11H11N3OS2. The maximum absolute atomic E-state index is 12.0. The minimum atomic E-state index is 0.0619. The van der Waals surface area contributed by atoms with E-state index in [2.05, 4.69) is 15.3 Å². The third kappa shape index (κ3) is 2.23. The van der Waals surface area contributed by atoms with Gasteiger partial charge in [0, 0.05) is 22.4 Å². The first-order valence-electron chi connectivity index (χ1n) is 5.44. The Morgan fingerprint density at radius 1 is 1.41 bits per heavy atom. The molecule has 1 unspecified atom stereocenters. The van der Waals surface area contributed by atoms with Crippen LogP contribution >= 0.6 is 22.7 Å². The number of nitrogens with zero attached hydrogens (tertiary/aromatic N) is 2. The van der Waals surface area contributed by atoms with E-state index in [1.54, 1.807) is 17.5 Å². The van der Waals surface area contributed by atoms with E-state index in [0.29, 0.717) is 5.13 Å². The molecule has 1 N–H and O–H groups in total. The SMILES string of the molecule is O=C(Nc1nccs1)C1CCc2ncsc2C1. The van der Waals surface area contributed by atoms with Gasteiger partial charge in [0.15, 0.2) is 5.13 Å². The van der Waals surface area contributed by atoms with Crippen LogP contribution in [-0.2, 0) is 17.6 Å². The van der Waals surface area contributed by atoms with Crippen LogP contribution in [-0.4, -0.2) is 15.9 Å². The minimum Gasteiger partial charge on any atom is -0.302 e. The van der Waals surface area contributed by atoms with Crippen molar-refractivity contribution in [3.05, 3.63) is 27.7 Å². The monoisotopic (exact) mass is 265 g/mol. The number of aromatic nitrogens is 2. The number of nitrogens with one attached hydrogen (secondary N) is 1. The van der Waals surface area contributed by atoms with E-state index in [0.717, 1.165) is 19.3 Å². The number of aryl methyl sites for hydroxylation is 1. The molecule has 0 radical (unpaired) electrons. The molecule has 2 heterocycles. The Kier molecular flexibility index (Phi) is 2.90. The van der Waals surface area contributed by atoms with Crippen molar-refractivity contribution in [1.82, 2.24) is 9.97 Å². The lowest BCUT2D eigenvalue weighted by atomic mass is 9.90. The first-order chi connectivity index (χ1) is 8.33. The minimum absolute atomic E-state index is 0.0619. The number of rotatable bonds is 2. The summed E-state index contributed by atoms with van der Waals surface area (Å²) in [5.41, 5.74) is 3.04. The highest BCUT2D eigenvalue weighted by Crippen LogP contribution is 2.28. The lowest BCUT2D eigenvalue weighted by Crippen LogP contribution is -2.27. The van der Waals surface area contributed by atoms with Gasteiger partial charge in [0.2, 0.25) is 5.91 Å². The fraction of sp³-hybridized carbons (Fsp3) is 0.364. The van der Waals surface area contributed by atoms with E-state index < -0.39 is 0 Å². The number of carbonyl (C=O) groups excluding carboxylic acids is 1. The highest BCUT2D eigenvalue weighted by Gasteiger charge is 2.26. The Labute approximate surface area is 107 Å². The average molecular weight is 265 g/mol. The van der Waals surface area contributed by atoms with Gasteiger partial charge in [-0.2, -0.15) is 0 Å². The van der Waals surface area contributed by atoms with E-state index in [9.17, 15) is 4.79 Å². The van der Waals surface area contributed by atoms with Crippen molar-refractivity contribution >= 4 is 33.7 Å². The molecule has 1 atom stereocenters. The van der Waals surface area contributed by atoms with Crippen molar-refractivity contribution in [2.45, 2.75) is 19.3 Å². The molecule has 0 bridgehead atoms. The second-order valence-electron chi connectivity index (χ2n) is 3.99. The molecule has 4 nitrogen and oxygen atoms in total. The van der Waals surface area contributed by atoms with Crippen LogP contribution in [0.1, 0.15) is 17.0 Å². The van der Waals surface area contributed by atoms with Gasteiger partial charge in [-0.3, -0.25) is 4.79 Å². The molecule has 0 aromatic carbocycles. The lowest BCUT2D eigenvalue weighted by Gasteiger charge is -2.19. The summed E-state index contributed by atoms with van der Waals surface area (Å²) in [6.45, 7) is 0. The smallest absolute Gasteiger partial charge is 0.229 e. The molecule has 17 heavy (non-hydrogen) atoms. The predicted molar refractivity (Wildman–Crippen MR) is 68.4 cm³/mol. The van der Waals surface area contributed by atoms with Gasteiger partial charge < -0.3 is 5.32 Å². The topological polar surface area (TPSA) is 54.9 Å². The van der Waals surface area contributed by atoms with Crippen LogP contribution in [0, 0.1) is 5.92 Å². The van der Waals surface area contributed by atoms with Gasteiger partial charge in [-0.15, -0.1) is 22.7 Å². The van der Waals surface area contributed by atoms with E-state index >= 15 is 0 Å². The molecule has 0 fully saturated rings. The number of anilines is 1. The summed E-state index contributed by atoms with van der Waals surface area (Å²) in [6.07, 6.45) is 4.31. The number of carbonyl (C=O) groups is 1. The van der Waals surface area contributed by atoms with Gasteiger partial charge in [-0.1, -0.05) is 0 Å². The maximum atomic E-state index is 12.0. The number of hydrogen-bond donors (Lipinski definition) is 1. The van der Waals surface area contributed by atoms with Crippen LogP contribution in [0.25, 0.3) is 0 Å². The van der Waals surface area contributed by atoms with Crippen LogP contribution in [0.4, 0.5) is 5.13 Å². The Hall–Kier alpha value is -1.27. The van der Waals surface area contributed by atoms with Crippen LogP contribution in [0.3, 0.4) is 0 Å². The summed E-state index contributed by atoms with van der Waals surface area (Å²) >= 11 is 3.10. The molecule has 6 heteroatoms. The van der Waals surface area contributed by atoms with E-state index in [4.69, 9.17) is 0 Å². The molecule has 1 aliphatic carbocycles. The number of thiazole rings is 2. The van der Waals surface area contributed by atoms with Gasteiger partial charge in [0.1, 0.15) is 0 Å². The molecule has 0 saturated carbocycles. The highest BCUT2D eigenvalue weighted by atomic mass is 32.1. The van der Waals surface area contributed by atoms with E-state index in [1.165, 1.54) is 21.9 Å². The zero-order valence-corrected chi connectivity index (χ0v) is 10.7. The molecule has 0 spiro atoms. The standard InChI is InChI=1S/C11H11N3OS2/c15-10(14-11-12-3-4-16-11)7-1-2-8-9(5-7)17-6-13-8/h3-4,6-7H,1-2,5H2,(H,12,14,15). The molecule has 2 aromatic heterocycles. The van der Waals surface area contributed by atoms with Crippen LogP contribution in [0.5, 0.6) is 0 Å². The number of amides is 1. The molecule has 0 saturated heterocycles. The zero-order valence-electron chi connectivity index (χ0n) is 9.05. The van der Waals surface area contributed by atoms with Gasteiger partial charge in [0.05, 0.1) is 11.2 Å². The summed E-state index contributed by atoms with van der Waals surface area (Å²) in [6, 6.07) is 0. The molecular weight excluding hydrogens is 254 g/mol. The summed E-state index contributed by atoms with van der Waals surface area (Å²) in [4.78, 5) is 21.7. The van der Waals surface area contributed by atoms with Crippen molar-refractivity contribution in [2.75, 3.05) is 5.32 Å². The number of hydrogen-bond acceptors (Lipinski definition) is 5. The Balaban J connectivity index is 1.68. The molecule has 1 amide bonds. The summed E-state index contributed by atoms with van der Waals surface area (Å²) in [7, 11) is 0. The van der Waals surface area contributed by atoms with Gasteiger partial charge in [0.25, 0.3) is 0 Å². The second kappa shape index (κ2) is 4.54. The Bertz CT molecular complexity index is 521. The Morgan fingerprint density at radius 3 is 3.18 bits per heavy atom. The van der Waals surface area contributed by atoms with Crippen molar-refractivity contribution < 1.29 is 4.79 Å². The third-order valence-corrected chi connectivity index (χ3v) is 4.51. The molecule has 88 valence electrons. The molecule has 3 rings (SSSR count). The molecule has 1 aliphatic rings. The quantitative estimate of drug-likeness (QED) is 0.906. The van der Waals surface area contributed by atoms with Crippen LogP contribution in [0.2, 0.25) is 0 Å². The van der Waals surface area contributed by atoms with Crippen molar-refractivity contribution in [1.29, 1.82) is 0 Å². The summed E-state index contributed by atoms with van der Waals surface area (Å²) < 4.78 is 0. The van der Waals surface area contributed by atoms with E-state index in [-0.39, 0.29) is 11.8 Å². The van der Waals surface area contributed by atoms with E-state index in [1.807, 2.05) is 10.9 Å². The third-order valence-electron chi connectivity index (χ3n) is 2.92. The fourth-order valence-corrected chi connectivity index (χ4v) is 3.44. The van der Waals surface area contributed by atoms with Gasteiger partial charge in [-0.25, -0.2) is 9.97 Å². The molecule has 0 aliphatic heterocycles. The predicted octanol–water partition coefficient (Wildman–Crippen LogP) is 2.34. The van der Waals surface area contributed by atoms with Crippen molar-refractivity contribution in [2.24, 2.45) is 5.92 Å². The van der Waals surface area contributed by atoms with Crippen molar-refractivity contribution in [3.63, 3.8) is 0 Å². The Morgan fingerprint density at radius 2 is 2.35 bits per heavy atom. The highest BCUT2D eigenvalue weighted by molar-refractivity contribution is 7.13. The second-order valence-corrected chi connectivity index (χ2v) is 5.82. The van der Waals surface area contributed by atoms with Crippen LogP contribution in [0.15, 0.2) is 17.1 Å². The van der Waals surface area contributed by atoms with Crippen LogP contribution < -0.4 is 5.32 Å². The first kappa shape index (κ1) is 10.9. The maximum Gasteiger partial charge on any atom is 0.229 e. The summed E-state index contributed by atoms with van der Waals surface area (Å²) in [5, 5.41) is 5.41. The first-order valence-corrected chi connectivity index (χ1v) is 7.20. The fourth-order valence-electron chi connectivity index (χ4n) is 2.02. The van der Waals surface area contributed by atoms with Gasteiger partial charge in [-0.05, 0) is 19.3 Å². The average Bonchev–Trinajstić information content (AvgIpc) is 2.97. The number of fused-ring (bicyclic) bond motifs is 1. The normalized spacial score (nSPS) is 18.7. The largest absolute Gasteiger partial charge is 0.302 e. The van der Waals surface area contributed by atoms with Gasteiger partial charge >= 0.3 is 0 Å².